The number of nitrogens with two attached hydrogens (primary N) is 1. The number of pyridine rings is 1. The van der Waals surface area contributed by atoms with Crippen LogP contribution in [0.2, 0.25) is 0 Å². The average molecular weight is 204 g/mol. The summed E-state index contributed by atoms with van der Waals surface area (Å²) in [6.45, 7) is 2.16. The first-order valence-electron chi connectivity index (χ1n) is 6.00. The molecule has 0 amide bonds. The molecule has 0 bridgehead atoms. The molecule has 0 aromatic carbocycles. The molecule has 1 aromatic rings. The van der Waals surface area contributed by atoms with E-state index < -0.39 is 0 Å². The van der Waals surface area contributed by atoms with E-state index in [2.05, 4.69) is 18.0 Å². The van der Waals surface area contributed by atoms with Gasteiger partial charge in [0.05, 0.1) is 0 Å². The van der Waals surface area contributed by atoms with E-state index in [0.717, 1.165) is 12.8 Å². The molecular weight excluding hydrogens is 184 g/mol. The normalized spacial score (nSPS) is 21.3. The fourth-order valence-corrected chi connectivity index (χ4v) is 2.40. The van der Waals surface area contributed by atoms with Gasteiger partial charge < -0.3 is 5.73 Å². The Bertz CT molecular complexity index is 322. The maximum atomic E-state index is 5.95. The summed E-state index contributed by atoms with van der Waals surface area (Å²) in [5, 5.41) is 0. The number of fused-ring (bicyclic) bond motifs is 1. The SMILES string of the molecule is CCC(N)CCC1CCc2cccnc21. The van der Waals surface area contributed by atoms with Crippen molar-refractivity contribution in [3.63, 3.8) is 0 Å². The first-order valence-corrected chi connectivity index (χ1v) is 6.00. The highest BCUT2D eigenvalue weighted by molar-refractivity contribution is 5.28. The number of hydrogen-bond donors (Lipinski definition) is 1. The molecule has 0 aliphatic heterocycles. The summed E-state index contributed by atoms with van der Waals surface area (Å²) in [6, 6.07) is 4.62. The van der Waals surface area contributed by atoms with Crippen molar-refractivity contribution in [2.24, 2.45) is 5.73 Å². The van der Waals surface area contributed by atoms with E-state index in [4.69, 9.17) is 5.73 Å². The van der Waals surface area contributed by atoms with Crippen LogP contribution in [0.15, 0.2) is 18.3 Å². The molecular formula is C13H20N2. The smallest absolute Gasteiger partial charge is 0.0466 e. The molecule has 2 rings (SSSR count). The van der Waals surface area contributed by atoms with Gasteiger partial charge in [-0.25, -0.2) is 0 Å². The molecule has 0 saturated carbocycles. The van der Waals surface area contributed by atoms with Crippen LogP contribution in [-0.2, 0) is 6.42 Å². The third kappa shape index (κ3) is 2.37. The minimum absolute atomic E-state index is 0.373. The van der Waals surface area contributed by atoms with Crippen molar-refractivity contribution in [2.75, 3.05) is 0 Å². The highest BCUT2D eigenvalue weighted by Gasteiger charge is 2.23. The number of nitrogens with zero attached hydrogens (tertiary/aromatic N) is 1. The molecule has 2 heteroatoms. The van der Waals surface area contributed by atoms with Gasteiger partial charge in [-0.2, -0.15) is 0 Å². The van der Waals surface area contributed by atoms with E-state index in [-0.39, 0.29) is 0 Å². The summed E-state index contributed by atoms with van der Waals surface area (Å²) in [7, 11) is 0. The molecule has 2 N–H and O–H groups in total. The summed E-state index contributed by atoms with van der Waals surface area (Å²) in [5.74, 6) is 0.666. The summed E-state index contributed by atoms with van der Waals surface area (Å²) in [4.78, 5) is 4.50. The van der Waals surface area contributed by atoms with Crippen molar-refractivity contribution < 1.29 is 0 Å². The molecule has 2 atom stereocenters. The first-order chi connectivity index (χ1) is 7.31. The van der Waals surface area contributed by atoms with Crippen LogP contribution in [0.1, 0.15) is 49.8 Å². The van der Waals surface area contributed by atoms with Gasteiger partial charge in [0.25, 0.3) is 0 Å². The third-order valence-corrected chi connectivity index (χ3v) is 3.49. The lowest BCUT2D eigenvalue weighted by Crippen LogP contribution is -2.19. The molecule has 1 aliphatic rings. The Morgan fingerprint density at radius 2 is 2.47 bits per heavy atom. The van der Waals surface area contributed by atoms with Crippen LogP contribution in [0.4, 0.5) is 0 Å². The average Bonchev–Trinajstić information content (AvgIpc) is 2.69. The Kier molecular flexibility index (Phi) is 3.37. The van der Waals surface area contributed by atoms with E-state index in [9.17, 15) is 0 Å². The molecule has 0 spiro atoms. The fraction of sp³-hybridized carbons (Fsp3) is 0.615. The number of hydrogen-bond acceptors (Lipinski definition) is 2. The van der Waals surface area contributed by atoms with Gasteiger partial charge >= 0.3 is 0 Å². The van der Waals surface area contributed by atoms with Gasteiger partial charge in [0.15, 0.2) is 0 Å². The van der Waals surface area contributed by atoms with Crippen LogP contribution >= 0.6 is 0 Å². The molecule has 2 unspecified atom stereocenters. The van der Waals surface area contributed by atoms with Crippen molar-refractivity contribution in [3.8, 4) is 0 Å². The lowest BCUT2D eigenvalue weighted by molar-refractivity contribution is 0.506. The Morgan fingerprint density at radius 3 is 3.27 bits per heavy atom. The van der Waals surface area contributed by atoms with Crippen LogP contribution in [0.3, 0.4) is 0 Å². The van der Waals surface area contributed by atoms with Crippen molar-refractivity contribution in [3.05, 3.63) is 29.6 Å². The van der Waals surface area contributed by atoms with Crippen LogP contribution in [0.25, 0.3) is 0 Å². The zero-order chi connectivity index (χ0) is 10.7. The Balaban J connectivity index is 1.96. The lowest BCUT2D eigenvalue weighted by atomic mass is 9.97. The molecule has 1 aromatic heterocycles. The highest BCUT2D eigenvalue weighted by atomic mass is 14.7. The maximum Gasteiger partial charge on any atom is 0.0466 e. The monoisotopic (exact) mass is 204 g/mol. The molecule has 2 nitrogen and oxygen atoms in total. The Labute approximate surface area is 91.9 Å². The first kappa shape index (κ1) is 10.6. The highest BCUT2D eigenvalue weighted by Crippen LogP contribution is 2.34. The summed E-state index contributed by atoms with van der Waals surface area (Å²) in [5.41, 5.74) is 8.74. The number of aryl methyl sites for hydroxylation is 1. The topological polar surface area (TPSA) is 38.9 Å². The number of aromatic nitrogens is 1. The second kappa shape index (κ2) is 4.75. The van der Waals surface area contributed by atoms with Crippen LogP contribution < -0.4 is 5.73 Å². The van der Waals surface area contributed by atoms with Gasteiger partial charge in [0.1, 0.15) is 0 Å². The van der Waals surface area contributed by atoms with Crippen molar-refractivity contribution in [2.45, 2.75) is 51.0 Å². The minimum atomic E-state index is 0.373. The quantitative estimate of drug-likeness (QED) is 0.818. The lowest BCUT2D eigenvalue weighted by Gasteiger charge is -2.13. The Morgan fingerprint density at radius 1 is 1.60 bits per heavy atom. The molecule has 1 heterocycles. The minimum Gasteiger partial charge on any atom is -0.328 e. The van der Waals surface area contributed by atoms with E-state index in [1.54, 1.807) is 0 Å². The van der Waals surface area contributed by atoms with Crippen molar-refractivity contribution >= 4 is 0 Å². The van der Waals surface area contributed by atoms with Gasteiger partial charge in [0.2, 0.25) is 0 Å². The van der Waals surface area contributed by atoms with E-state index in [1.807, 2.05) is 12.3 Å². The third-order valence-electron chi connectivity index (χ3n) is 3.49. The van der Waals surface area contributed by atoms with Gasteiger partial charge in [-0.15, -0.1) is 0 Å². The largest absolute Gasteiger partial charge is 0.328 e. The van der Waals surface area contributed by atoms with E-state index in [0.29, 0.717) is 12.0 Å². The summed E-state index contributed by atoms with van der Waals surface area (Å²) >= 11 is 0. The van der Waals surface area contributed by atoms with E-state index in [1.165, 1.54) is 30.5 Å². The summed E-state index contributed by atoms with van der Waals surface area (Å²) in [6.07, 6.45) is 7.81. The van der Waals surface area contributed by atoms with Crippen molar-refractivity contribution in [1.82, 2.24) is 4.98 Å². The van der Waals surface area contributed by atoms with Gasteiger partial charge in [0, 0.05) is 23.9 Å². The molecule has 15 heavy (non-hydrogen) atoms. The zero-order valence-electron chi connectivity index (χ0n) is 9.45. The van der Waals surface area contributed by atoms with Gasteiger partial charge in [-0.1, -0.05) is 13.0 Å². The van der Waals surface area contributed by atoms with Crippen LogP contribution in [-0.4, -0.2) is 11.0 Å². The van der Waals surface area contributed by atoms with Crippen LogP contribution in [0.5, 0.6) is 0 Å². The molecule has 0 fully saturated rings. The zero-order valence-corrected chi connectivity index (χ0v) is 9.45. The molecule has 0 radical (unpaired) electrons. The standard InChI is InChI=1S/C13H20N2/c1-2-12(14)8-7-11-6-5-10-4-3-9-15-13(10)11/h3-4,9,11-12H,2,5-8,14H2,1H3. The second-order valence-electron chi connectivity index (χ2n) is 4.53. The predicted molar refractivity (Wildman–Crippen MR) is 62.8 cm³/mol. The molecule has 0 saturated heterocycles. The van der Waals surface area contributed by atoms with Gasteiger partial charge in [-0.3, -0.25) is 4.98 Å². The predicted octanol–water partition coefficient (Wildman–Crippen LogP) is 2.63. The van der Waals surface area contributed by atoms with Crippen molar-refractivity contribution in [1.29, 1.82) is 0 Å². The summed E-state index contributed by atoms with van der Waals surface area (Å²) < 4.78 is 0. The molecule has 82 valence electrons. The fourth-order valence-electron chi connectivity index (χ4n) is 2.40. The Hall–Kier alpha value is -0.890. The molecule has 1 aliphatic carbocycles. The second-order valence-corrected chi connectivity index (χ2v) is 4.53. The van der Waals surface area contributed by atoms with Crippen LogP contribution in [0, 0.1) is 0 Å². The van der Waals surface area contributed by atoms with E-state index >= 15 is 0 Å². The number of rotatable bonds is 4. The maximum absolute atomic E-state index is 5.95. The van der Waals surface area contributed by atoms with Gasteiger partial charge in [-0.05, 0) is 43.7 Å².